The molecule has 0 spiro atoms. The van der Waals surface area contributed by atoms with Crippen LogP contribution in [0.3, 0.4) is 0 Å². The van der Waals surface area contributed by atoms with Crippen LogP contribution in [0, 0.1) is 11.8 Å². The van der Waals surface area contributed by atoms with Crippen LogP contribution >= 0.6 is 45.3 Å². The molecule has 2 nitrogen and oxygen atoms in total. The Bertz CT molecular complexity index is 1400. The van der Waals surface area contributed by atoms with E-state index in [-0.39, 0.29) is 17.0 Å². The minimum Gasteiger partial charge on any atom is -0.287 e. The standard InChI is InChI=1S/C27H22O2S4/c1-11(2)9-27(10-12(3)4)17-15-13-5-7-30-21(13)19(28)23(15)32-25(17)26-18(27)16-14-6-8-31-22(14)20(29)24(16)33-26/h5-8,11-12H,9-10H2,1-4H3. The fraction of sp³-hybridized carbons (Fsp3) is 0.333. The van der Waals surface area contributed by atoms with E-state index >= 15 is 0 Å². The van der Waals surface area contributed by atoms with Gasteiger partial charge in [-0.05, 0) is 58.7 Å². The van der Waals surface area contributed by atoms with E-state index < -0.39 is 0 Å². The Morgan fingerprint density at radius 2 is 1.09 bits per heavy atom. The normalized spacial score (nSPS) is 16.4. The second-order valence-corrected chi connectivity index (χ2v) is 14.2. The molecule has 0 atom stereocenters. The second-order valence-electron chi connectivity index (χ2n) is 10.3. The minimum atomic E-state index is -0.172. The highest BCUT2D eigenvalue weighted by molar-refractivity contribution is 7.26. The number of hydrogen-bond donors (Lipinski definition) is 0. The van der Waals surface area contributed by atoms with Gasteiger partial charge in [0.15, 0.2) is 0 Å². The molecule has 0 radical (unpaired) electrons. The highest BCUT2D eigenvalue weighted by Gasteiger charge is 2.54. The lowest BCUT2D eigenvalue weighted by molar-refractivity contribution is 0.104. The average molecular weight is 507 g/mol. The summed E-state index contributed by atoms with van der Waals surface area (Å²) in [6, 6.07) is 4.28. The van der Waals surface area contributed by atoms with E-state index in [9.17, 15) is 9.59 Å². The first-order chi connectivity index (χ1) is 15.8. The van der Waals surface area contributed by atoms with Gasteiger partial charge in [-0.25, -0.2) is 0 Å². The summed E-state index contributed by atoms with van der Waals surface area (Å²) in [6.45, 7) is 9.23. The van der Waals surface area contributed by atoms with Crippen LogP contribution in [-0.2, 0) is 5.41 Å². The zero-order valence-corrected chi connectivity index (χ0v) is 22.1. The van der Waals surface area contributed by atoms with Crippen molar-refractivity contribution >= 4 is 56.9 Å². The molecule has 0 amide bonds. The first kappa shape index (κ1) is 20.5. The smallest absolute Gasteiger partial charge is 0.214 e. The van der Waals surface area contributed by atoms with E-state index in [1.807, 2.05) is 0 Å². The summed E-state index contributed by atoms with van der Waals surface area (Å²) in [7, 11) is 0. The largest absolute Gasteiger partial charge is 0.287 e. The zero-order valence-electron chi connectivity index (χ0n) is 18.8. The number of ketones is 2. The predicted molar refractivity (Wildman–Crippen MR) is 141 cm³/mol. The molecule has 6 heteroatoms. The van der Waals surface area contributed by atoms with E-state index in [4.69, 9.17) is 0 Å². The summed E-state index contributed by atoms with van der Waals surface area (Å²) in [5.74, 6) is 1.37. The molecule has 4 heterocycles. The molecule has 0 aliphatic heterocycles. The predicted octanol–water partition coefficient (Wildman–Crippen LogP) is 8.71. The van der Waals surface area contributed by atoms with Gasteiger partial charge < -0.3 is 0 Å². The van der Waals surface area contributed by atoms with Crippen molar-refractivity contribution in [3.8, 4) is 32.0 Å². The summed E-state index contributed by atoms with van der Waals surface area (Å²) >= 11 is 6.50. The lowest BCUT2D eigenvalue weighted by Crippen LogP contribution is -2.30. The summed E-state index contributed by atoms with van der Waals surface area (Å²) in [5, 5.41) is 4.11. The van der Waals surface area contributed by atoms with Gasteiger partial charge in [-0.15, -0.1) is 45.3 Å². The molecule has 4 aromatic rings. The van der Waals surface area contributed by atoms with Gasteiger partial charge in [-0.3, -0.25) is 9.59 Å². The molecule has 0 aromatic carbocycles. The van der Waals surface area contributed by atoms with Crippen LogP contribution in [0.4, 0.5) is 0 Å². The van der Waals surface area contributed by atoms with E-state index in [0.29, 0.717) is 11.8 Å². The molecule has 33 heavy (non-hydrogen) atoms. The van der Waals surface area contributed by atoms with Gasteiger partial charge in [0.1, 0.15) is 0 Å². The third-order valence-electron chi connectivity index (χ3n) is 7.19. The fourth-order valence-electron chi connectivity index (χ4n) is 6.51. The van der Waals surface area contributed by atoms with Crippen LogP contribution in [0.2, 0.25) is 0 Å². The molecule has 0 bridgehead atoms. The topological polar surface area (TPSA) is 34.1 Å². The van der Waals surface area contributed by atoms with Gasteiger partial charge in [0.2, 0.25) is 11.6 Å². The summed E-state index contributed by atoms with van der Waals surface area (Å²) < 4.78 is 0. The van der Waals surface area contributed by atoms with E-state index in [1.54, 1.807) is 45.3 Å². The first-order valence-corrected chi connectivity index (χ1v) is 14.8. The Kier molecular flexibility index (Phi) is 4.12. The SMILES string of the molecule is CC(C)CC1(CC(C)C)c2c(sc3c2-c2ccsc2C3=O)-c2sc3c(c21)-c1ccsc1C3=O. The zero-order chi connectivity index (χ0) is 22.8. The number of thiophene rings is 4. The lowest BCUT2D eigenvalue weighted by atomic mass is 9.66. The molecule has 0 unspecified atom stereocenters. The number of fused-ring (bicyclic) bond motifs is 11. The third kappa shape index (κ3) is 2.38. The molecular weight excluding hydrogens is 485 g/mol. The quantitative estimate of drug-likeness (QED) is 0.240. The van der Waals surface area contributed by atoms with Crippen molar-refractivity contribution in [1.82, 2.24) is 0 Å². The van der Waals surface area contributed by atoms with Crippen LogP contribution in [0.1, 0.15) is 80.8 Å². The Balaban J connectivity index is 1.62. The van der Waals surface area contributed by atoms with E-state index in [0.717, 1.165) is 43.5 Å². The average Bonchev–Trinajstić information content (AvgIpc) is 3.54. The van der Waals surface area contributed by atoms with Crippen molar-refractivity contribution in [2.75, 3.05) is 0 Å². The first-order valence-electron chi connectivity index (χ1n) is 11.4. The Morgan fingerprint density at radius 1 is 0.667 bits per heavy atom. The van der Waals surface area contributed by atoms with Crippen molar-refractivity contribution in [1.29, 1.82) is 0 Å². The highest BCUT2D eigenvalue weighted by Crippen LogP contribution is 2.68. The second kappa shape index (κ2) is 6.63. The Hall–Kier alpha value is -1.86. The molecule has 0 N–H and O–H groups in total. The maximum atomic E-state index is 13.3. The van der Waals surface area contributed by atoms with Crippen LogP contribution in [0.15, 0.2) is 22.9 Å². The van der Waals surface area contributed by atoms with E-state index in [2.05, 4.69) is 50.6 Å². The molecule has 7 rings (SSSR count). The number of hydrogen-bond acceptors (Lipinski definition) is 6. The van der Waals surface area contributed by atoms with Crippen molar-refractivity contribution < 1.29 is 9.59 Å². The third-order valence-corrected chi connectivity index (χ3v) is 11.6. The number of rotatable bonds is 4. The maximum absolute atomic E-state index is 13.3. The van der Waals surface area contributed by atoms with Gasteiger partial charge in [0, 0.05) is 27.7 Å². The van der Waals surface area contributed by atoms with Gasteiger partial charge >= 0.3 is 0 Å². The van der Waals surface area contributed by atoms with Gasteiger partial charge in [-0.1, -0.05) is 27.7 Å². The van der Waals surface area contributed by atoms with Gasteiger partial charge in [0.05, 0.1) is 29.3 Å². The molecule has 166 valence electrons. The number of carbonyl (C=O) groups excluding carboxylic acids is 2. The summed E-state index contributed by atoms with van der Waals surface area (Å²) in [5.41, 5.74) is 7.26. The van der Waals surface area contributed by atoms with Crippen molar-refractivity contribution in [3.63, 3.8) is 0 Å². The molecule has 3 aliphatic rings. The van der Waals surface area contributed by atoms with Crippen LogP contribution in [0.5, 0.6) is 0 Å². The van der Waals surface area contributed by atoms with Crippen LogP contribution in [-0.4, -0.2) is 11.6 Å². The Morgan fingerprint density at radius 3 is 1.48 bits per heavy atom. The summed E-state index contributed by atoms with van der Waals surface area (Å²) in [4.78, 5) is 32.8. The van der Waals surface area contributed by atoms with Crippen LogP contribution < -0.4 is 0 Å². The highest BCUT2D eigenvalue weighted by atomic mass is 32.1. The van der Waals surface area contributed by atoms with Crippen LogP contribution in [0.25, 0.3) is 32.0 Å². The van der Waals surface area contributed by atoms with Gasteiger partial charge in [0.25, 0.3) is 0 Å². The van der Waals surface area contributed by atoms with E-state index in [1.165, 1.54) is 32.0 Å². The number of carbonyl (C=O) groups is 2. The maximum Gasteiger partial charge on any atom is 0.214 e. The molecule has 0 saturated carbocycles. The minimum absolute atomic E-state index is 0.172. The molecule has 0 fully saturated rings. The lowest BCUT2D eigenvalue weighted by Gasteiger charge is -2.36. The molecule has 3 aliphatic carbocycles. The molecule has 4 aromatic heterocycles. The summed E-state index contributed by atoms with van der Waals surface area (Å²) in [6.07, 6.45) is 2.05. The van der Waals surface area contributed by atoms with Crippen molar-refractivity contribution in [2.45, 2.75) is 46.0 Å². The van der Waals surface area contributed by atoms with Gasteiger partial charge in [-0.2, -0.15) is 0 Å². The monoisotopic (exact) mass is 506 g/mol. The van der Waals surface area contributed by atoms with Crippen molar-refractivity contribution in [3.05, 3.63) is 53.5 Å². The fourth-order valence-corrected chi connectivity index (χ4v) is 11.2. The molecular formula is C27H22O2S4. The van der Waals surface area contributed by atoms with Crippen molar-refractivity contribution in [2.24, 2.45) is 11.8 Å². The molecule has 0 saturated heterocycles. The Labute approximate surface area is 208 Å².